The van der Waals surface area contributed by atoms with Crippen LogP contribution in [0.15, 0.2) is 0 Å². The summed E-state index contributed by atoms with van der Waals surface area (Å²) in [4.78, 5) is 0. The minimum absolute atomic E-state index is 0.139. The Bertz CT molecular complexity index is 372. The van der Waals surface area contributed by atoms with E-state index in [4.69, 9.17) is 5.11 Å². The molecule has 0 aromatic rings. The Labute approximate surface area is 90.7 Å². The molecule has 0 saturated carbocycles. The second-order valence-electron chi connectivity index (χ2n) is 3.39. The van der Waals surface area contributed by atoms with Crippen molar-refractivity contribution in [3.8, 4) is 0 Å². The third kappa shape index (κ3) is 7.71. The Morgan fingerprint density at radius 2 is 1.80 bits per heavy atom. The number of sulfone groups is 1. The number of sulfonamides is 1. The van der Waals surface area contributed by atoms with Crippen molar-refractivity contribution in [3.05, 3.63) is 0 Å². The van der Waals surface area contributed by atoms with Gasteiger partial charge in [0, 0.05) is 18.9 Å². The lowest BCUT2D eigenvalue weighted by Gasteiger charge is -2.15. The molecule has 0 fully saturated rings. The van der Waals surface area contributed by atoms with E-state index in [2.05, 4.69) is 4.72 Å². The number of aliphatic hydroxyl groups is 1. The van der Waals surface area contributed by atoms with Gasteiger partial charge >= 0.3 is 0 Å². The maximum Gasteiger partial charge on any atom is 0.226 e. The van der Waals surface area contributed by atoms with E-state index in [9.17, 15) is 16.8 Å². The Morgan fingerprint density at radius 3 is 2.13 bits per heavy atom. The van der Waals surface area contributed by atoms with Crippen LogP contribution in [0.1, 0.15) is 19.8 Å². The molecule has 1 atom stereocenters. The SMILES string of the molecule is CCC(CCO)NS(=O)(=O)CS(C)(=O)=O. The topological polar surface area (TPSA) is 101 Å². The van der Waals surface area contributed by atoms with Gasteiger partial charge in [-0.15, -0.1) is 0 Å². The highest BCUT2D eigenvalue weighted by atomic mass is 32.3. The second kappa shape index (κ2) is 5.78. The van der Waals surface area contributed by atoms with Gasteiger partial charge in [0.25, 0.3) is 0 Å². The molecule has 0 aromatic carbocycles. The fraction of sp³-hybridized carbons (Fsp3) is 1.00. The molecule has 0 aliphatic rings. The van der Waals surface area contributed by atoms with Crippen molar-refractivity contribution in [1.82, 2.24) is 4.72 Å². The molecule has 8 heteroatoms. The van der Waals surface area contributed by atoms with E-state index in [0.717, 1.165) is 6.26 Å². The molecule has 0 bridgehead atoms. The van der Waals surface area contributed by atoms with Crippen molar-refractivity contribution in [2.45, 2.75) is 25.8 Å². The van der Waals surface area contributed by atoms with Gasteiger partial charge in [0.1, 0.15) is 0 Å². The number of hydrogen-bond donors (Lipinski definition) is 2. The van der Waals surface area contributed by atoms with Gasteiger partial charge in [-0.1, -0.05) is 6.92 Å². The van der Waals surface area contributed by atoms with Crippen LogP contribution >= 0.6 is 0 Å². The van der Waals surface area contributed by atoms with Crippen molar-refractivity contribution in [3.63, 3.8) is 0 Å². The molecule has 1 unspecified atom stereocenters. The Kier molecular flexibility index (Phi) is 5.71. The zero-order chi connectivity index (χ0) is 12.1. The third-order valence-electron chi connectivity index (χ3n) is 1.69. The van der Waals surface area contributed by atoms with Crippen LogP contribution in [0.2, 0.25) is 0 Å². The van der Waals surface area contributed by atoms with E-state index in [1.807, 2.05) is 0 Å². The monoisotopic (exact) mass is 259 g/mol. The largest absolute Gasteiger partial charge is 0.396 e. The highest BCUT2D eigenvalue weighted by Crippen LogP contribution is 2.01. The van der Waals surface area contributed by atoms with E-state index in [0.29, 0.717) is 6.42 Å². The van der Waals surface area contributed by atoms with Crippen molar-refractivity contribution in [2.75, 3.05) is 17.9 Å². The summed E-state index contributed by atoms with van der Waals surface area (Å²) >= 11 is 0. The van der Waals surface area contributed by atoms with Crippen LogP contribution < -0.4 is 4.72 Å². The van der Waals surface area contributed by atoms with Gasteiger partial charge in [-0.05, 0) is 12.8 Å². The number of nitrogens with one attached hydrogen (secondary N) is 1. The zero-order valence-corrected chi connectivity index (χ0v) is 10.4. The first-order valence-corrected chi connectivity index (χ1v) is 8.20. The van der Waals surface area contributed by atoms with Gasteiger partial charge in [0.2, 0.25) is 10.0 Å². The summed E-state index contributed by atoms with van der Waals surface area (Å²) in [5.74, 6) is 0. The van der Waals surface area contributed by atoms with Crippen molar-refractivity contribution in [2.24, 2.45) is 0 Å². The molecule has 0 aromatic heterocycles. The fourth-order valence-corrected chi connectivity index (χ4v) is 4.39. The lowest BCUT2D eigenvalue weighted by molar-refractivity contribution is 0.270. The van der Waals surface area contributed by atoms with E-state index < -0.39 is 31.0 Å². The molecule has 0 rings (SSSR count). The van der Waals surface area contributed by atoms with Crippen LogP contribution in [0, 0.1) is 0 Å². The summed E-state index contributed by atoms with van der Waals surface area (Å²) in [6.07, 6.45) is 1.64. The summed E-state index contributed by atoms with van der Waals surface area (Å²) in [6, 6.07) is -0.415. The van der Waals surface area contributed by atoms with Gasteiger partial charge in [0.05, 0.1) is 0 Å². The van der Waals surface area contributed by atoms with Gasteiger partial charge in [0.15, 0.2) is 14.9 Å². The van der Waals surface area contributed by atoms with Gasteiger partial charge in [-0.25, -0.2) is 21.6 Å². The number of aliphatic hydroxyl groups excluding tert-OH is 1. The van der Waals surface area contributed by atoms with Crippen LogP contribution in [0.3, 0.4) is 0 Å². The summed E-state index contributed by atoms with van der Waals surface area (Å²) in [5.41, 5.74) is 0. The van der Waals surface area contributed by atoms with E-state index in [-0.39, 0.29) is 13.0 Å². The minimum atomic E-state index is -3.82. The molecule has 0 saturated heterocycles. The first-order valence-electron chi connectivity index (χ1n) is 4.48. The molecule has 92 valence electrons. The number of rotatable bonds is 7. The molecular formula is C7H17NO5S2. The number of hydrogen-bond acceptors (Lipinski definition) is 5. The van der Waals surface area contributed by atoms with Crippen LogP contribution in [0.4, 0.5) is 0 Å². The molecule has 0 amide bonds. The summed E-state index contributed by atoms with van der Waals surface area (Å²) in [5, 5.41) is 7.73. The van der Waals surface area contributed by atoms with E-state index >= 15 is 0 Å². The lowest BCUT2D eigenvalue weighted by atomic mass is 10.2. The second-order valence-corrected chi connectivity index (χ2v) is 7.65. The first kappa shape index (κ1) is 14.8. The Balaban J connectivity index is 4.49. The highest BCUT2D eigenvalue weighted by molar-refractivity contribution is 8.06. The van der Waals surface area contributed by atoms with Gasteiger partial charge in [-0.2, -0.15) is 0 Å². The molecule has 6 nitrogen and oxygen atoms in total. The molecule has 0 spiro atoms. The fourth-order valence-electron chi connectivity index (χ4n) is 1.07. The summed E-state index contributed by atoms with van der Waals surface area (Å²) in [6.45, 7) is 1.61. The molecule has 0 aliphatic carbocycles. The molecule has 15 heavy (non-hydrogen) atoms. The normalized spacial score (nSPS) is 15.1. The Hall–Kier alpha value is -0.180. The first-order chi connectivity index (χ1) is 6.70. The Morgan fingerprint density at radius 1 is 1.27 bits per heavy atom. The molecule has 0 heterocycles. The predicted octanol–water partition coefficient (Wildman–Crippen LogP) is -0.931. The quantitative estimate of drug-likeness (QED) is 0.615. The lowest BCUT2D eigenvalue weighted by Crippen LogP contribution is -2.38. The van der Waals surface area contributed by atoms with Crippen LogP contribution in [-0.2, 0) is 19.9 Å². The van der Waals surface area contributed by atoms with Crippen LogP contribution in [-0.4, -0.2) is 45.9 Å². The standard InChI is InChI=1S/C7H17NO5S2/c1-3-7(4-5-9)8-15(12,13)6-14(2,10)11/h7-9H,3-6H2,1-2H3. The molecular weight excluding hydrogens is 242 g/mol. The van der Waals surface area contributed by atoms with Gasteiger partial charge < -0.3 is 5.11 Å². The molecule has 0 aliphatic heterocycles. The van der Waals surface area contributed by atoms with Crippen molar-refractivity contribution in [1.29, 1.82) is 0 Å². The third-order valence-corrected chi connectivity index (χ3v) is 5.33. The zero-order valence-electron chi connectivity index (χ0n) is 8.80. The minimum Gasteiger partial charge on any atom is -0.396 e. The predicted molar refractivity (Wildman–Crippen MR) is 57.5 cm³/mol. The van der Waals surface area contributed by atoms with E-state index in [1.54, 1.807) is 6.92 Å². The van der Waals surface area contributed by atoms with Crippen molar-refractivity contribution < 1.29 is 21.9 Å². The molecule has 2 N–H and O–H groups in total. The average molecular weight is 259 g/mol. The van der Waals surface area contributed by atoms with E-state index in [1.165, 1.54) is 0 Å². The van der Waals surface area contributed by atoms with Crippen molar-refractivity contribution >= 4 is 19.9 Å². The van der Waals surface area contributed by atoms with Crippen LogP contribution in [0.5, 0.6) is 0 Å². The maximum absolute atomic E-state index is 11.3. The highest BCUT2D eigenvalue weighted by Gasteiger charge is 2.21. The summed E-state index contributed by atoms with van der Waals surface area (Å²) < 4.78 is 46.5. The van der Waals surface area contributed by atoms with Crippen LogP contribution in [0.25, 0.3) is 0 Å². The maximum atomic E-state index is 11.3. The summed E-state index contributed by atoms with van der Waals surface area (Å²) in [7, 11) is -7.39. The smallest absolute Gasteiger partial charge is 0.226 e. The average Bonchev–Trinajstić information content (AvgIpc) is 1.98. The van der Waals surface area contributed by atoms with Gasteiger partial charge in [-0.3, -0.25) is 0 Å². The molecule has 0 radical (unpaired) electrons.